The predicted octanol–water partition coefficient (Wildman–Crippen LogP) is 2.97. The maximum absolute atomic E-state index is 5.80. The van der Waals surface area contributed by atoms with Crippen molar-refractivity contribution in [3.8, 4) is 0 Å². The van der Waals surface area contributed by atoms with Gasteiger partial charge in [-0.25, -0.2) is 0 Å². The highest BCUT2D eigenvalue weighted by atomic mass is 16.5. The van der Waals surface area contributed by atoms with Crippen molar-refractivity contribution in [2.24, 2.45) is 5.92 Å². The Morgan fingerprint density at radius 1 is 1.27 bits per heavy atom. The van der Waals surface area contributed by atoms with E-state index in [1.54, 1.807) is 0 Å². The van der Waals surface area contributed by atoms with Gasteiger partial charge < -0.3 is 10.1 Å². The molecule has 0 bridgehead atoms. The molecule has 2 heteroatoms. The Hall–Kier alpha value is -0.0800. The number of hydrogen-bond acceptors (Lipinski definition) is 2. The fourth-order valence-corrected chi connectivity index (χ4v) is 2.53. The van der Waals surface area contributed by atoms with Crippen molar-refractivity contribution < 1.29 is 4.74 Å². The monoisotopic (exact) mass is 213 g/mol. The van der Waals surface area contributed by atoms with Crippen LogP contribution in [-0.2, 0) is 4.74 Å². The lowest BCUT2D eigenvalue weighted by Gasteiger charge is -2.27. The largest absolute Gasteiger partial charge is 0.377 e. The highest BCUT2D eigenvalue weighted by Gasteiger charge is 2.26. The minimum Gasteiger partial charge on any atom is -0.377 e. The Labute approximate surface area is 94.8 Å². The fourth-order valence-electron chi connectivity index (χ4n) is 2.53. The molecule has 0 aromatic heterocycles. The molecule has 1 saturated heterocycles. The highest BCUT2D eigenvalue weighted by molar-refractivity contribution is 4.82. The summed E-state index contributed by atoms with van der Waals surface area (Å²) in [5.74, 6) is 0.859. The van der Waals surface area contributed by atoms with Crippen molar-refractivity contribution in [1.82, 2.24) is 5.32 Å². The number of likely N-dealkylation sites (N-methyl/N-ethyl adjacent to an activating group) is 1. The molecule has 0 aromatic carbocycles. The molecule has 1 aliphatic heterocycles. The first-order valence-corrected chi connectivity index (χ1v) is 6.66. The molecule has 0 spiro atoms. The van der Waals surface area contributed by atoms with E-state index in [-0.39, 0.29) is 0 Å². The maximum Gasteiger partial charge on any atom is 0.0728 e. The highest BCUT2D eigenvalue weighted by Crippen LogP contribution is 2.23. The van der Waals surface area contributed by atoms with Crippen LogP contribution < -0.4 is 5.32 Å². The zero-order valence-corrected chi connectivity index (χ0v) is 10.6. The molecule has 1 N–H and O–H groups in total. The molecule has 1 rings (SSSR count). The molecule has 0 saturated carbocycles. The lowest BCUT2D eigenvalue weighted by atomic mass is 9.91. The van der Waals surface area contributed by atoms with Gasteiger partial charge in [-0.05, 0) is 31.7 Å². The zero-order chi connectivity index (χ0) is 11.1. The van der Waals surface area contributed by atoms with Crippen molar-refractivity contribution in [3.05, 3.63) is 0 Å². The first-order chi connectivity index (χ1) is 7.31. The second-order valence-electron chi connectivity index (χ2n) is 4.63. The summed E-state index contributed by atoms with van der Waals surface area (Å²) in [5, 5.41) is 3.60. The van der Waals surface area contributed by atoms with Gasteiger partial charge in [-0.2, -0.15) is 0 Å². The summed E-state index contributed by atoms with van der Waals surface area (Å²) < 4.78 is 5.80. The van der Waals surface area contributed by atoms with E-state index in [1.165, 1.54) is 32.1 Å². The zero-order valence-electron chi connectivity index (χ0n) is 10.6. The van der Waals surface area contributed by atoms with Crippen molar-refractivity contribution >= 4 is 0 Å². The second-order valence-corrected chi connectivity index (χ2v) is 4.63. The average Bonchev–Trinajstić information content (AvgIpc) is 2.77. The fraction of sp³-hybridized carbons (Fsp3) is 1.00. The van der Waals surface area contributed by atoms with Gasteiger partial charge >= 0.3 is 0 Å². The summed E-state index contributed by atoms with van der Waals surface area (Å²) >= 11 is 0. The van der Waals surface area contributed by atoms with Gasteiger partial charge in [0, 0.05) is 12.6 Å². The van der Waals surface area contributed by atoms with Gasteiger partial charge in [0.1, 0.15) is 0 Å². The van der Waals surface area contributed by atoms with Crippen molar-refractivity contribution in [2.45, 2.75) is 65.0 Å². The van der Waals surface area contributed by atoms with Crippen LogP contribution in [0.2, 0.25) is 0 Å². The van der Waals surface area contributed by atoms with E-state index in [9.17, 15) is 0 Å². The van der Waals surface area contributed by atoms with E-state index in [1.807, 2.05) is 0 Å². The molecule has 0 amide bonds. The minimum absolute atomic E-state index is 0.477. The molecule has 1 fully saturated rings. The molecule has 1 aliphatic rings. The minimum atomic E-state index is 0.477. The van der Waals surface area contributed by atoms with Gasteiger partial charge in [0.2, 0.25) is 0 Å². The van der Waals surface area contributed by atoms with Crippen LogP contribution >= 0.6 is 0 Å². The van der Waals surface area contributed by atoms with Crippen LogP contribution in [0.4, 0.5) is 0 Å². The number of nitrogens with one attached hydrogen (secondary N) is 1. The third-order valence-corrected chi connectivity index (χ3v) is 3.62. The Bertz CT molecular complexity index is 151. The normalized spacial score (nSPS) is 23.6. The summed E-state index contributed by atoms with van der Waals surface area (Å²) in [6, 6.07) is 0.586. The smallest absolute Gasteiger partial charge is 0.0728 e. The lowest BCUT2D eigenvalue weighted by Crippen LogP contribution is -2.40. The summed E-state index contributed by atoms with van der Waals surface area (Å²) in [6.45, 7) is 8.81. The third-order valence-electron chi connectivity index (χ3n) is 3.62. The van der Waals surface area contributed by atoms with Crippen LogP contribution in [0, 0.1) is 5.92 Å². The number of ether oxygens (including phenoxy) is 1. The molecule has 1 heterocycles. The van der Waals surface area contributed by atoms with E-state index in [0.717, 1.165) is 19.1 Å². The maximum atomic E-state index is 5.80. The van der Waals surface area contributed by atoms with Crippen LogP contribution in [0.15, 0.2) is 0 Å². The summed E-state index contributed by atoms with van der Waals surface area (Å²) in [7, 11) is 0. The molecule has 0 aliphatic carbocycles. The van der Waals surface area contributed by atoms with Gasteiger partial charge in [0.15, 0.2) is 0 Å². The molecule has 2 atom stereocenters. The second kappa shape index (κ2) is 7.24. The van der Waals surface area contributed by atoms with Gasteiger partial charge in [0.25, 0.3) is 0 Å². The van der Waals surface area contributed by atoms with Crippen LogP contribution in [0.25, 0.3) is 0 Å². The Kier molecular flexibility index (Phi) is 6.26. The van der Waals surface area contributed by atoms with Gasteiger partial charge in [-0.1, -0.05) is 33.6 Å². The van der Waals surface area contributed by atoms with Crippen LogP contribution in [0.3, 0.4) is 0 Å². The Morgan fingerprint density at radius 2 is 2.00 bits per heavy atom. The van der Waals surface area contributed by atoms with Crippen LogP contribution in [-0.4, -0.2) is 25.3 Å². The van der Waals surface area contributed by atoms with E-state index in [0.29, 0.717) is 12.1 Å². The molecule has 2 unspecified atom stereocenters. The van der Waals surface area contributed by atoms with Crippen molar-refractivity contribution in [3.63, 3.8) is 0 Å². The SMILES string of the molecule is CCNC(CC(CC)CC)C1CCCO1. The van der Waals surface area contributed by atoms with Gasteiger partial charge in [-0.15, -0.1) is 0 Å². The molecular formula is C13H27NO. The van der Waals surface area contributed by atoms with Crippen molar-refractivity contribution in [2.75, 3.05) is 13.2 Å². The number of rotatable bonds is 7. The molecule has 2 nitrogen and oxygen atoms in total. The average molecular weight is 213 g/mol. The number of hydrogen-bond donors (Lipinski definition) is 1. The molecule has 90 valence electrons. The first kappa shape index (κ1) is 13.0. The lowest BCUT2D eigenvalue weighted by molar-refractivity contribution is 0.0697. The first-order valence-electron chi connectivity index (χ1n) is 6.66. The van der Waals surface area contributed by atoms with Crippen LogP contribution in [0.5, 0.6) is 0 Å². The van der Waals surface area contributed by atoms with Crippen LogP contribution in [0.1, 0.15) is 52.9 Å². The van der Waals surface area contributed by atoms with E-state index >= 15 is 0 Å². The standard InChI is InChI=1S/C13H27NO/c1-4-11(5-2)10-12(14-6-3)13-8-7-9-15-13/h11-14H,4-10H2,1-3H3. The van der Waals surface area contributed by atoms with E-state index in [4.69, 9.17) is 4.74 Å². The summed E-state index contributed by atoms with van der Waals surface area (Å²) in [6.07, 6.45) is 6.85. The molecule has 0 radical (unpaired) electrons. The third kappa shape index (κ3) is 4.12. The topological polar surface area (TPSA) is 21.3 Å². The van der Waals surface area contributed by atoms with Crippen molar-refractivity contribution in [1.29, 1.82) is 0 Å². The summed E-state index contributed by atoms with van der Waals surface area (Å²) in [4.78, 5) is 0. The van der Waals surface area contributed by atoms with Gasteiger partial charge in [-0.3, -0.25) is 0 Å². The summed E-state index contributed by atoms with van der Waals surface area (Å²) in [5.41, 5.74) is 0. The molecule has 15 heavy (non-hydrogen) atoms. The Morgan fingerprint density at radius 3 is 2.47 bits per heavy atom. The molecular weight excluding hydrogens is 186 g/mol. The van der Waals surface area contributed by atoms with E-state index < -0.39 is 0 Å². The molecule has 0 aromatic rings. The van der Waals surface area contributed by atoms with E-state index in [2.05, 4.69) is 26.1 Å². The van der Waals surface area contributed by atoms with Gasteiger partial charge in [0.05, 0.1) is 6.10 Å². The Balaban J connectivity index is 2.40. The predicted molar refractivity (Wildman–Crippen MR) is 65.1 cm³/mol. The quantitative estimate of drug-likeness (QED) is 0.702.